The average molecular weight is 374 g/mol. The monoisotopic (exact) mass is 373 g/mol. The van der Waals surface area contributed by atoms with Crippen LogP contribution in [-0.4, -0.2) is 28.3 Å². The maximum absolute atomic E-state index is 9.62. The topological polar surface area (TPSA) is 83.5 Å². The van der Waals surface area contributed by atoms with E-state index in [0.29, 0.717) is 0 Å². The highest BCUT2D eigenvalue weighted by atomic mass is 16.4. The third-order valence-corrected chi connectivity index (χ3v) is 4.57. The Hall–Kier alpha value is -0.610. The molecule has 4 nitrogen and oxygen atoms in total. The number of aliphatic carboxylic acids is 1. The maximum atomic E-state index is 9.62. The second-order valence-corrected chi connectivity index (χ2v) is 8.11. The van der Waals surface area contributed by atoms with E-state index in [2.05, 4.69) is 12.7 Å². The van der Waals surface area contributed by atoms with Gasteiger partial charge in [-0.1, -0.05) is 103 Å². The van der Waals surface area contributed by atoms with E-state index < -0.39 is 11.6 Å². The predicted molar refractivity (Wildman–Crippen MR) is 113 cm³/mol. The van der Waals surface area contributed by atoms with Crippen LogP contribution >= 0.6 is 0 Å². The van der Waals surface area contributed by atoms with Crippen molar-refractivity contribution in [2.45, 2.75) is 129 Å². The van der Waals surface area contributed by atoms with Crippen LogP contribution in [0.25, 0.3) is 0 Å². The fourth-order valence-electron chi connectivity index (χ4n) is 2.93. The molecule has 0 aliphatic carbocycles. The lowest BCUT2D eigenvalue weighted by molar-refractivity contribution is -0.135. The minimum Gasteiger partial charge on any atom is -0.480 e. The first kappa shape index (κ1) is 27.6. The number of nitrogens with two attached hydrogens (primary N) is 1. The molecule has 26 heavy (non-hydrogen) atoms. The maximum Gasteiger partial charge on any atom is 0.317 e. The zero-order valence-electron chi connectivity index (χ0n) is 17.9. The molecule has 0 saturated heterocycles. The third kappa shape index (κ3) is 31.2. The van der Waals surface area contributed by atoms with Gasteiger partial charge in [-0.25, -0.2) is 0 Å². The van der Waals surface area contributed by atoms with Gasteiger partial charge >= 0.3 is 5.97 Å². The minimum atomic E-state index is -0.968. The van der Waals surface area contributed by atoms with Gasteiger partial charge in [0.15, 0.2) is 0 Å². The first-order valence-electron chi connectivity index (χ1n) is 11.0. The van der Waals surface area contributed by atoms with Crippen LogP contribution in [0.1, 0.15) is 124 Å². The molecule has 0 aliphatic rings. The molecular weight excluding hydrogens is 326 g/mol. The summed E-state index contributed by atoms with van der Waals surface area (Å²) >= 11 is 0. The van der Waals surface area contributed by atoms with Crippen LogP contribution in [0.3, 0.4) is 0 Å². The molecule has 0 bridgehead atoms. The van der Waals surface area contributed by atoms with Crippen LogP contribution in [0.2, 0.25) is 0 Å². The van der Waals surface area contributed by atoms with Gasteiger partial charge < -0.3 is 15.9 Å². The number of carboxylic acids is 1. The molecule has 0 unspecified atom stereocenters. The van der Waals surface area contributed by atoms with Crippen molar-refractivity contribution < 1.29 is 15.0 Å². The molecule has 0 aliphatic heterocycles. The zero-order chi connectivity index (χ0) is 20.1. The molecule has 0 atom stereocenters. The molecule has 0 saturated carbocycles. The summed E-state index contributed by atoms with van der Waals surface area (Å²) in [7, 11) is 0. The summed E-state index contributed by atoms with van der Waals surface area (Å²) in [4.78, 5) is 9.24. The van der Waals surface area contributed by atoms with Crippen LogP contribution in [0.15, 0.2) is 0 Å². The fourth-order valence-corrected chi connectivity index (χ4v) is 2.93. The van der Waals surface area contributed by atoms with Crippen molar-refractivity contribution in [2.24, 2.45) is 5.73 Å². The molecule has 0 heterocycles. The highest BCUT2D eigenvalue weighted by molar-refractivity contribution is 5.68. The lowest BCUT2D eigenvalue weighted by Gasteiger charge is -2.16. The van der Waals surface area contributed by atoms with Crippen molar-refractivity contribution in [3.63, 3.8) is 0 Å². The van der Waals surface area contributed by atoms with Crippen LogP contribution < -0.4 is 5.73 Å². The van der Waals surface area contributed by atoms with Crippen LogP contribution in [0.4, 0.5) is 0 Å². The number of carboxylic acid groups (broad SMARTS) is 1. The van der Waals surface area contributed by atoms with Crippen LogP contribution in [0.5, 0.6) is 0 Å². The van der Waals surface area contributed by atoms with Crippen molar-refractivity contribution in [3.05, 3.63) is 0 Å². The van der Waals surface area contributed by atoms with E-state index in [9.17, 15) is 9.90 Å². The second kappa shape index (κ2) is 20.7. The number of unbranched alkanes of at least 4 members (excludes halogenated alkanes) is 14. The third-order valence-electron chi connectivity index (χ3n) is 4.57. The van der Waals surface area contributed by atoms with E-state index in [1.54, 1.807) is 0 Å². The first-order valence-corrected chi connectivity index (χ1v) is 11.0. The standard InChI is InChI=1S/C20H42O.C2H5NO2/c1-4-5-6-7-8-9-10-11-12-13-14-15-16-17-18-19-20(2,3)21;3-1-2(4)5/h21H,4-19H2,1-3H3;1,3H2,(H,4,5). The molecule has 0 amide bonds. The number of aliphatic hydroxyl groups is 1. The van der Waals surface area contributed by atoms with Crippen molar-refractivity contribution in [1.29, 1.82) is 0 Å². The highest BCUT2D eigenvalue weighted by Gasteiger charge is 2.10. The molecule has 158 valence electrons. The SMILES string of the molecule is CCCCCCCCCCCCCCCCCC(C)(C)O.NCC(=O)O. The van der Waals surface area contributed by atoms with Crippen LogP contribution in [-0.2, 0) is 4.79 Å². The number of rotatable bonds is 17. The van der Waals surface area contributed by atoms with E-state index in [4.69, 9.17) is 5.11 Å². The van der Waals surface area contributed by atoms with Gasteiger partial charge in [-0.15, -0.1) is 0 Å². The molecule has 0 spiro atoms. The fraction of sp³-hybridized carbons (Fsp3) is 0.955. The van der Waals surface area contributed by atoms with Gasteiger partial charge in [0.2, 0.25) is 0 Å². The average Bonchev–Trinajstić information content (AvgIpc) is 2.58. The van der Waals surface area contributed by atoms with Gasteiger partial charge in [0.25, 0.3) is 0 Å². The summed E-state index contributed by atoms with van der Waals surface area (Å²) < 4.78 is 0. The molecule has 0 rings (SSSR count). The van der Waals surface area contributed by atoms with E-state index in [-0.39, 0.29) is 6.54 Å². The van der Waals surface area contributed by atoms with Gasteiger partial charge in [0.05, 0.1) is 12.1 Å². The Morgan fingerprint density at radius 3 is 1.23 bits per heavy atom. The van der Waals surface area contributed by atoms with Gasteiger partial charge in [-0.05, 0) is 20.3 Å². The molecule has 0 aromatic heterocycles. The Morgan fingerprint density at radius 2 is 1.00 bits per heavy atom. The summed E-state index contributed by atoms with van der Waals surface area (Å²) in [5.74, 6) is -0.968. The molecular formula is C22H47NO3. The van der Waals surface area contributed by atoms with Crippen molar-refractivity contribution in [3.8, 4) is 0 Å². The van der Waals surface area contributed by atoms with E-state index in [1.165, 1.54) is 96.3 Å². The molecule has 0 fully saturated rings. The Kier molecular flexibility index (Phi) is 22.0. The van der Waals surface area contributed by atoms with E-state index in [1.807, 2.05) is 13.8 Å². The Balaban J connectivity index is 0. The number of hydrogen-bond acceptors (Lipinski definition) is 3. The van der Waals surface area contributed by atoms with Crippen molar-refractivity contribution >= 4 is 5.97 Å². The lowest BCUT2D eigenvalue weighted by atomic mass is 9.99. The Labute approximate surface area is 162 Å². The van der Waals surface area contributed by atoms with Gasteiger partial charge in [-0.2, -0.15) is 0 Å². The lowest BCUT2D eigenvalue weighted by Crippen LogP contribution is -2.17. The molecule has 4 N–H and O–H groups in total. The summed E-state index contributed by atoms with van der Waals surface area (Å²) in [5, 5.41) is 17.2. The van der Waals surface area contributed by atoms with Gasteiger partial charge in [0, 0.05) is 0 Å². The smallest absolute Gasteiger partial charge is 0.317 e. The quantitative estimate of drug-likeness (QED) is 0.271. The van der Waals surface area contributed by atoms with Crippen molar-refractivity contribution in [1.82, 2.24) is 0 Å². The number of carbonyl (C=O) groups is 1. The van der Waals surface area contributed by atoms with E-state index in [0.717, 1.165) is 6.42 Å². The van der Waals surface area contributed by atoms with Crippen LogP contribution in [0, 0.1) is 0 Å². The Bertz CT molecular complexity index is 288. The normalized spacial score (nSPS) is 11.1. The summed E-state index contributed by atoms with van der Waals surface area (Å²) in [5.41, 5.74) is 4.11. The Morgan fingerprint density at radius 1 is 0.731 bits per heavy atom. The van der Waals surface area contributed by atoms with E-state index >= 15 is 0 Å². The predicted octanol–water partition coefficient (Wildman–Crippen LogP) is 6.05. The largest absolute Gasteiger partial charge is 0.480 e. The summed E-state index contributed by atoms with van der Waals surface area (Å²) in [6.45, 7) is 5.83. The molecule has 0 aromatic rings. The van der Waals surface area contributed by atoms with Crippen molar-refractivity contribution in [2.75, 3.05) is 6.54 Å². The van der Waals surface area contributed by atoms with Gasteiger partial charge in [0.1, 0.15) is 0 Å². The highest BCUT2D eigenvalue weighted by Crippen LogP contribution is 2.16. The molecule has 4 heteroatoms. The molecule has 0 aromatic carbocycles. The number of hydrogen-bond donors (Lipinski definition) is 3. The first-order chi connectivity index (χ1) is 12.3. The minimum absolute atomic E-state index is 0.278. The van der Waals surface area contributed by atoms with Gasteiger partial charge in [-0.3, -0.25) is 4.79 Å². The second-order valence-electron chi connectivity index (χ2n) is 8.11. The molecule has 0 radical (unpaired) electrons. The summed E-state index contributed by atoms with van der Waals surface area (Å²) in [6.07, 6.45) is 22.0. The summed E-state index contributed by atoms with van der Waals surface area (Å²) in [6, 6.07) is 0. The zero-order valence-corrected chi connectivity index (χ0v) is 17.9.